The van der Waals surface area contributed by atoms with Gasteiger partial charge in [-0.3, -0.25) is 9.48 Å². The second kappa shape index (κ2) is 7.07. The average Bonchev–Trinajstić information content (AvgIpc) is 3.19. The number of rotatable bonds is 9. The van der Waals surface area contributed by atoms with Gasteiger partial charge in [-0.05, 0) is 6.92 Å². The quantitative estimate of drug-likeness (QED) is 0.537. The van der Waals surface area contributed by atoms with Gasteiger partial charge in [-0.15, -0.1) is 12.3 Å². The van der Waals surface area contributed by atoms with Crippen molar-refractivity contribution in [1.82, 2.24) is 15.1 Å². The van der Waals surface area contributed by atoms with E-state index in [4.69, 9.17) is 6.42 Å². The maximum atomic E-state index is 11.8. The predicted molar refractivity (Wildman–Crippen MR) is 84.3 cm³/mol. The van der Waals surface area contributed by atoms with Gasteiger partial charge in [0, 0.05) is 51.9 Å². The van der Waals surface area contributed by atoms with Crippen molar-refractivity contribution in [1.29, 1.82) is 0 Å². The number of carbonyl (C=O) groups is 1. The highest BCUT2D eigenvalue weighted by Crippen LogP contribution is 2.37. The zero-order valence-electron chi connectivity index (χ0n) is 13.1. The molecule has 0 fully saturated rings. The maximum Gasteiger partial charge on any atom is 0.220 e. The summed E-state index contributed by atoms with van der Waals surface area (Å²) in [6, 6.07) is 1.97. The minimum absolute atomic E-state index is 0.0142. The molecule has 1 aliphatic rings. The summed E-state index contributed by atoms with van der Waals surface area (Å²) in [6.07, 6.45) is 7.66. The van der Waals surface area contributed by atoms with Gasteiger partial charge in [-0.1, -0.05) is 0 Å². The van der Waals surface area contributed by atoms with Gasteiger partial charge >= 0.3 is 0 Å². The summed E-state index contributed by atoms with van der Waals surface area (Å²) < 4.78 is 1.78. The molecular weight excluding hydrogens is 280 g/mol. The van der Waals surface area contributed by atoms with Crippen molar-refractivity contribution in [3.05, 3.63) is 11.8 Å². The molecule has 22 heavy (non-hydrogen) atoms. The second-order valence-corrected chi connectivity index (χ2v) is 5.46. The number of aryl methyl sites for hydroxylation is 2. The number of hydrogen-bond donors (Lipinski definition) is 2. The van der Waals surface area contributed by atoms with Crippen LogP contribution < -0.4 is 10.6 Å². The second-order valence-electron chi connectivity index (χ2n) is 5.46. The molecule has 0 aromatic carbocycles. The van der Waals surface area contributed by atoms with Gasteiger partial charge in [0.25, 0.3) is 0 Å². The molecule has 0 bridgehead atoms. The third kappa shape index (κ3) is 4.58. The molecule has 7 nitrogen and oxygen atoms in total. The Kier molecular flexibility index (Phi) is 5.15. The van der Waals surface area contributed by atoms with Crippen molar-refractivity contribution in [3.63, 3.8) is 0 Å². The Hall–Kier alpha value is -2.36. The van der Waals surface area contributed by atoms with Crippen LogP contribution in [0, 0.1) is 19.3 Å². The molecule has 1 aliphatic heterocycles. The Morgan fingerprint density at radius 2 is 2.18 bits per heavy atom. The Morgan fingerprint density at radius 3 is 2.77 bits per heavy atom. The highest BCUT2D eigenvalue weighted by Gasteiger charge is 2.39. The number of nitrogens with one attached hydrogen (secondary N) is 2. The molecule has 1 amide bonds. The van der Waals surface area contributed by atoms with Crippen LogP contribution in [0.1, 0.15) is 31.4 Å². The van der Waals surface area contributed by atoms with E-state index >= 15 is 0 Å². The highest BCUT2D eigenvalue weighted by molar-refractivity contribution is 5.76. The summed E-state index contributed by atoms with van der Waals surface area (Å²) in [4.78, 5) is 11.8. The minimum atomic E-state index is -0.381. The normalized spacial score (nSPS) is 14.4. The van der Waals surface area contributed by atoms with Crippen LogP contribution in [0.4, 0.5) is 5.82 Å². The van der Waals surface area contributed by atoms with E-state index in [9.17, 15) is 4.79 Å². The van der Waals surface area contributed by atoms with E-state index in [0.29, 0.717) is 32.4 Å². The molecule has 2 N–H and O–H groups in total. The molecule has 7 heteroatoms. The number of terminal acetylenes is 1. The number of anilines is 1. The smallest absolute Gasteiger partial charge is 0.220 e. The molecule has 1 aromatic heterocycles. The Morgan fingerprint density at radius 1 is 1.41 bits per heavy atom. The Balaban J connectivity index is 1.58. The highest BCUT2D eigenvalue weighted by atomic mass is 16.1. The average molecular weight is 302 g/mol. The van der Waals surface area contributed by atoms with Gasteiger partial charge < -0.3 is 10.6 Å². The monoisotopic (exact) mass is 302 g/mol. The maximum absolute atomic E-state index is 11.8. The molecule has 0 saturated heterocycles. The molecule has 0 atom stereocenters. The van der Waals surface area contributed by atoms with Crippen molar-refractivity contribution >= 4 is 11.7 Å². The van der Waals surface area contributed by atoms with Crippen LogP contribution in [0.25, 0.3) is 0 Å². The first-order chi connectivity index (χ1) is 10.5. The van der Waals surface area contributed by atoms with E-state index in [1.807, 2.05) is 20.0 Å². The van der Waals surface area contributed by atoms with Crippen LogP contribution >= 0.6 is 0 Å². The lowest BCUT2D eigenvalue weighted by Crippen LogP contribution is -2.30. The molecule has 0 aliphatic carbocycles. The van der Waals surface area contributed by atoms with Crippen molar-refractivity contribution in [2.24, 2.45) is 17.3 Å². The topological polar surface area (TPSA) is 83.7 Å². The molecule has 0 radical (unpaired) electrons. The lowest BCUT2D eigenvalue weighted by atomic mass is 10.0. The molecule has 0 unspecified atom stereocenters. The predicted octanol–water partition coefficient (Wildman–Crippen LogP) is 1.61. The van der Waals surface area contributed by atoms with Gasteiger partial charge in [-0.25, -0.2) is 0 Å². The molecule has 1 aromatic rings. The van der Waals surface area contributed by atoms with Gasteiger partial charge in [0.15, 0.2) is 5.66 Å². The number of aromatic nitrogens is 2. The summed E-state index contributed by atoms with van der Waals surface area (Å²) in [5.74, 6) is 3.53. The zero-order chi connectivity index (χ0) is 16.0. The van der Waals surface area contributed by atoms with Crippen molar-refractivity contribution in [2.75, 3.05) is 18.4 Å². The zero-order valence-corrected chi connectivity index (χ0v) is 13.1. The Labute approximate surface area is 130 Å². The van der Waals surface area contributed by atoms with E-state index < -0.39 is 0 Å². The third-order valence-corrected chi connectivity index (χ3v) is 3.56. The standard InChI is InChI=1S/C15H22N6O/c1-4-5-7-15(19-20-15)8-6-14(22)17-10-9-16-13-11-12(2)18-21(13)3/h1,11,16H,5-10H2,2-3H3,(H,17,22). The third-order valence-electron chi connectivity index (χ3n) is 3.56. The van der Waals surface area contributed by atoms with Crippen LogP contribution in [0.15, 0.2) is 16.3 Å². The summed E-state index contributed by atoms with van der Waals surface area (Å²) in [6.45, 7) is 3.16. The number of carbonyl (C=O) groups excluding carboxylic acids is 1. The molecule has 0 spiro atoms. The summed E-state index contributed by atoms with van der Waals surface area (Å²) in [5, 5.41) is 18.4. The van der Waals surface area contributed by atoms with E-state index in [2.05, 4.69) is 31.9 Å². The number of hydrogen-bond acceptors (Lipinski definition) is 5. The van der Waals surface area contributed by atoms with Crippen molar-refractivity contribution in [3.8, 4) is 12.3 Å². The number of amides is 1. The van der Waals surface area contributed by atoms with E-state index in [0.717, 1.165) is 17.9 Å². The van der Waals surface area contributed by atoms with Crippen LogP contribution in [0.5, 0.6) is 0 Å². The molecule has 2 heterocycles. The van der Waals surface area contributed by atoms with Gasteiger partial charge in [-0.2, -0.15) is 15.3 Å². The van der Waals surface area contributed by atoms with Crippen LogP contribution in [0.2, 0.25) is 0 Å². The lowest BCUT2D eigenvalue weighted by molar-refractivity contribution is -0.121. The van der Waals surface area contributed by atoms with E-state index in [-0.39, 0.29) is 11.6 Å². The molecule has 0 saturated carbocycles. The molecular formula is C15H22N6O. The van der Waals surface area contributed by atoms with Crippen LogP contribution in [-0.4, -0.2) is 34.4 Å². The lowest BCUT2D eigenvalue weighted by Gasteiger charge is -2.10. The fraction of sp³-hybridized carbons (Fsp3) is 0.600. The Bertz CT molecular complexity index is 592. The SMILES string of the molecule is C#CCCC1(CCC(=O)NCCNc2cc(C)nn2C)N=N1. The first-order valence-electron chi connectivity index (χ1n) is 7.43. The van der Waals surface area contributed by atoms with Crippen molar-refractivity contribution < 1.29 is 4.79 Å². The fourth-order valence-electron chi connectivity index (χ4n) is 2.24. The molecule has 118 valence electrons. The summed E-state index contributed by atoms with van der Waals surface area (Å²) in [7, 11) is 1.88. The van der Waals surface area contributed by atoms with Crippen LogP contribution in [-0.2, 0) is 11.8 Å². The van der Waals surface area contributed by atoms with Gasteiger partial charge in [0.05, 0.1) is 5.69 Å². The summed E-state index contributed by atoms with van der Waals surface area (Å²) >= 11 is 0. The first kappa shape index (κ1) is 16.0. The minimum Gasteiger partial charge on any atom is -0.369 e. The van der Waals surface area contributed by atoms with E-state index in [1.165, 1.54) is 0 Å². The summed E-state index contributed by atoms with van der Waals surface area (Å²) in [5.41, 5.74) is 0.581. The largest absolute Gasteiger partial charge is 0.369 e. The van der Waals surface area contributed by atoms with Crippen molar-refractivity contribution in [2.45, 2.75) is 38.3 Å². The first-order valence-corrected chi connectivity index (χ1v) is 7.43. The molecule has 2 rings (SSSR count). The van der Waals surface area contributed by atoms with Gasteiger partial charge in [0.2, 0.25) is 5.91 Å². The fourth-order valence-corrected chi connectivity index (χ4v) is 2.24. The number of nitrogens with zero attached hydrogens (tertiary/aromatic N) is 4. The van der Waals surface area contributed by atoms with Crippen LogP contribution in [0.3, 0.4) is 0 Å². The van der Waals surface area contributed by atoms with E-state index in [1.54, 1.807) is 4.68 Å². The van der Waals surface area contributed by atoms with Gasteiger partial charge in [0.1, 0.15) is 5.82 Å².